The summed E-state index contributed by atoms with van der Waals surface area (Å²) in [6.45, 7) is 6.29. The molecule has 432 valence electrons. The van der Waals surface area contributed by atoms with Crippen LogP contribution in [0.1, 0.15) is 252 Å². The van der Waals surface area contributed by atoms with E-state index in [0.29, 0.717) is 19.3 Å². The Morgan fingerprint density at radius 2 is 0.506 bits per heavy atom. The van der Waals surface area contributed by atoms with Crippen LogP contribution >= 0.6 is 0 Å². The molecule has 77 heavy (non-hydrogen) atoms. The van der Waals surface area contributed by atoms with E-state index in [-0.39, 0.29) is 37.5 Å². The third-order valence-corrected chi connectivity index (χ3v) is 12.5. The molecule has 0 N–H and O–H groups in total. The standard InChI is InChI=1S/C71H112O6/c1-4-7-10-13-16-19-22-25-27-29-31-32-33-34-35-36-37-38-40-41-43-46-49-52-55-58-61-64-70(73)76-67-68(66-75-69(72)63-60-57-54-51-48-45-24-21-18-15-12-9-6-3)77-71(74)65-62-59-56-53-50-47-44-42-39-30-28-26-23-20-17-14-11-8-5-2/h7-8,10-12,15-17,19-21,24-28,31-32,34-35,37-39,42,47,50,68H,4-6,9,13-14,18,22-23,29-30,33,36,40-41,43-46,48-49,51-67H2,1-3H3/b10-7-,11-8-,15-12-,19-16-,20-17-,24-21-,27-25-,28-26-,32-31-,35-34-,38-37-,42-39-,50-47-. The van der Waals surface area contributed by atoms with Gasteiger partial charge in [0.1, 0.15) is 13.2 Å². The lowest BCUT2D eigenvalue weighted by molar-refractivity contribution is -0.167. The van der Waals surface area contributed by atoms with Crippen LogP contribution in [0.2, 0.25) is 0 Å². The van der Waals surface area contributed by atoms with E-state index in [4.69, 9.17) is 14.2 Å². The maximum Gasteiger partial charge on any atom is 0.306 e. The van der Waals surface area contributed by atoms with E-state index in [0.717, 1.165) is 167 Å². The van der Waals surface area contributed by atoms with Gasteiger partial charge in [-0.3, -0.25) is 14.4 Å². The summed E-state index contributed by atoms with van der Waals surface area (Å²) in [6, 6.07) is 0. The Balaban J connectivity index is 4.43. The van der Waals surface area contributed by atoms with Gasteiger partial charge in [0, 0.05) is 19.3 Å². The molecule has 0 aliphatic rings. The van der Waals surface area contributed by atoms with Gasteiger partial charge in [0.2, 0.25) is 0 Å². The fourth-order valence-corrected chi connectivity index (χ4v) is 7.92. The lowest BCUT2D eigenvalue weighted by Gasteiger charge is -2.18. The quantitative estimate of drug-likeness (QED) is 0.0261. The zero-order chi connectivity index (χ0) is 55.7. The van der Waals surface area contributed by atoms with E-state index >= 15 is 0 Å². The minimum Gasteiger partial charge on any atom is -0.462 e. The van der Waals surface area contributed by atoms with Crippen molar-refractivity contribution in [2.75, 3.05) is 13.2 Å². The van der Waals surface area contributed by atoms with Crippen LogP contribution in [-0.4, -0.2) is 37.2 Å². The predicted octanol–water partition coefficient (Wildman–Crippen LogP) is 21.3. The van der Waals surface area contributed by atoms with Crippen molar-refractivity contribution in [2.24, 2.45) is 0 Å². The topological polar surface area (TPSA) is 78.9 Å². The summed E-state index contributed by atoms with van der Waals surface area (Å²) in [5, 5.41) is 0. The second-order valence-corrected chi connectivity index (χ2v) is 19.8. The van der Waals surface area contributed by atoms with Gasteiger partial charge in [-0.25, -0.2) is 0 Å². The molecule has 0 heterocycles. The van der Waals surface area contributed by atoms with Crippen molar-refractivity contribution in [2.45, 2.75) is 258 Å². The molecular formula is C71H112O6. The average Bonchev–Trinajstić information content (AvgIpc) is 3.43. The molecule has 1 unspecified atom stereocenters. The number of rotatable bonds is 54. The fourth-order valence-electron chi connectivity index (χ4n) is 7.92. The molecule has 0 fully saturated rings. The van der Waals surface area contributed by atoms with Gasteiger partial charge in [-0.1, -0.05) is 249 Å². The van der Waals surface area contributed by atoms with Gasteiger partial charge in [0.25, 0.3) is 0 Å². The molecule has 0 aliphatic heterocycles. The van der Waals surface area contributed by atoms with Crippen LogP contribution in [0, 0.1) is 0 Å². The van der Waals surface area contributed by atoms with Crippen molar-refractivity contribution in [3.05, 3.63) is 158 Å². The Kier molecular flexibility index (Phi) is 59.5. The van der Waals surface area contributed by atoms with Crippen LogP contribution in [0.15, 0.2) is 158 Å². The summed E-state index contributed by atoms with van der Waals surface area (Å²) < 4.78 is 16.9. The molecule has 6 heteroatoms. The van der Waals surface area contributed by atoms with E-state index in [1.807, 2.05) is 0 Å². The average molecular weight is 1060 g/mol. The van der Waals surface area contributed by atoms with Gasteiger partial charge in [-0.2, -0.15) is 0 Å². The highest BCUT2D eigenvalue weighted by Gasteiger charge is 2.19. The van der Waals surface area contributed by atoms with Crippen LogP contribution < -0.4 is 0 Å². The largest absolute Gasteiger partial charge is 0.462 e. The molecule has 0 aliphatic carbocycles. The number of hydrogen-bond acceptors (Lipinski definition) is 6. The van der Waals surface area contributed by atoms with Gasteiger partial charge in [0.05, 0.1) is 0 Å². The van der Waals surface area contributed by atoms with E-state index in [1.54, 1.807) is 0 Å². The third-order valence-electron chi connectivity index (χ3n) is 12.5. The van der Waals surface area contributed by atoms with Crippen LogP contribution in [0.3, 0.4) is 0 Å². The van der Waals surface area contributed by atoms with Crippen LogP contribution in [0.25, 0.3) is 0 Å². The summed E-state index contributed by atoms with van der Waals surface area (Å²) in [5.41, 5.74) is 0. The number of carbonyl (C=O) groups excluding carboxylic acids is 3. The lowest BCUT2D eigenvalue weighted by Crippen LogP contribution is -2.30. The first-order valence-corrected chi connectivity index (χ1v) is 31.0. The summed E-state index contributed by atoms with van der Waals surface area (Å²) in [4.78, 5) is 38.3. The van der Waals surface area contributed by atoms with Crippen molar-refractivity contribution in [1.29, 1.82) is 0 Å². The Hall–Kier alpha value is -4.97. The first-order chi connectivity index (χ1) is 38.0. The summed E-state index contributed by atoms with van der Waals surface area (Å²) in [7, 11) is 0. The normalized spacial score (nSPS) is 13.2. The Bertz CT molecular complexity index is 1740. The summed E-state index contributed by atoms with van der Waals surface area (Å²) in [5.74, 6) is -0.967. The summed E-state index contributed by atoms with van der Waals surface area (Å²) in [6.07, 6.45) is 92.4. The lowest BCUT2D eigenvalue weighted by atomic mass is 10.1. The first-order valence-electron chi connectivity index (χ1n) is 31.0. The predicted molar refractivity (Wildman–Crippen MR) is 334 cm³/mol. The van der Waals surface area contributed by atoms with Crippen LogP contribution in [-0.2, 0) is 28.6 Å². The Morgan fingerprint density at radius 1 is 0.273 bits per heavy atom. The number of unbranched alkanes of at least 4 members (excludes halogenated alkanes) is 17. The molecule has 0 amide bonds. The van der Waals surface area contributed by atoms with Crippen molar-refractivity contribution in [1.82, 2.24) is 0 Å². The van der Waals surface area contributed by atoms with Gasteiger partial charge < -0.3 is 14.2 Å². The molecule has 0 rings (SSSR count). The van der Waals surface area contributed by atoms with Crippen LogP contribution in [0.4, 0.5) is 0 Å². The van der Waals surface area contributed by atoms with E-state index < -0.39 is 6.10 Å². The minimum absolute atomic E-state index is 0.107. The highest BCUT2D eigenvalue weighted by molar-refractivity contribution is 5.71. The SMILES string of the molecule is CC/C=C\C/C=C\C/C=C\C/C=C\C/C=C\C/C=C\CCCCCCCCCCC(=O)OCC(COC(=O)CCCCCCC/C=C\C/C=C\CCC)OC(=O)CCCCC/C=C\C/C=C\C/C=C\C/C=C\C/C=C\CC. The van der Waals surface area contributed by atoms with Crippen LogP contribution in [0.5, 0.6) is 0 Å². The second-order valence-electron chi connectivity index (χ2n) is 19.8. The number of carbonyl (C=O) groups is 3. The maximum atomic E-state index is 12.9. The molecule has 6 nitrogen and oxygen atoms in total. The highest BCUT2D eigenvalue weighted by Crippen LogP contribution is 2.14. The minimum atomic E-state index is -0.814. The van der Waals surface area contributed by atoms with Gasteiger partial charge in [-0.05, 0) is 141 Å². The molecule has 0 aromatic carbocycles. The Morgan fingerprint density at radius 3 is 0.805 bits per heavy atom. The van der Waals surface area contributed by atoms with Crippen molar-refractivity contribution >= 4 is 17.9 Å². The molecule has 1 atom stereocenters. The molecule has 0 saturated carbocycles. The molecule has 0 spiro atoms. The monoisotopic (exact) mass is 1060 g/mol. The summed E-state index contributed by atoms with van der Waals surface area (Å²) >= 11 is 0. The molecule has 0 saturated heterocycles. The van der Waals surface area contributed by atoms with Gasteiger partial charge in [-0.15, -0.1) is 0 Å². The van der Waals surface area contributed by atoms with Gasteiger partial charge in [0.15, 0.2) is 6.10 Å². The smallest absolute Gasteiger partial charge is 0.306 e. The number of esters is 3. The number of allylic oxidation sites excluding steroid dienone is 26. The third kappa shape index (κ3) is 61.8. The fraction of sp³-hybridized carbons (Fsp3) is 0.592. The maximum absolute atomic E-state index is 12.9. The molecule has 0 radical (unpaired) electrons. The highest BCUT2D eigenvalue weighted by atomic mass is 16.6. The zero-order valence-electron chi connectivity index (χ0n) is 49.4. The molecule has 0 aromatic rings. The van der Waals surface area contributed by atoms with E-state index in [2.05, 4.69) is 179 Å². The molecule has 0 bridgehead atoms. The molecule has 0 aromatic heterocycles. The molecular weight excluding hydrogens is 949 g/mol. The van der Waals surface area contributed by atoms with E-state index in [9.17, 15) is 14.4 Å². The zero-order valence-corrected chi connectivity index (χ0v) is 49.4. The second kappa shape index (κ2) is 63.6. The van der Waals surface area contributed by atoms with Crippen molar-refractivity contribution in [3.63, 3.8) is 0 Å². The Labute approximate surface area is 473 Å². The van der Waals surface area contributed by atoms with E-state index in [1.165, 1.54) is 38.5 Å². The number of hydrogen-bond donors (Lipinski definition) is 0. The first kappa shape index (κ1) is 72.0. The van der Waals surface area contributed by atoms with Crippen molar-refractivity contribution < 1.29 is 28.6 Å². The number of ether oxygens (including phenoxy) is 3. The van der Waals surface area contributed by atoms with Crippen molar-refractivity contribution in [3.8, 4) is 0 Å². The van der Waals surface area contributed by atoms with Gasteiger partial charge >= 0.3 is 17.9 Å².